The number of fused-ring (bicyclic) bond motifs is 1. The number of hydrogen-bond acceptors (Lipinski definition) is 8. The summed E-state index contributed by atoms with van der Waals surface area (Å²) in [6.07, 6.45) is 1.45. The topological polar surface area (TPSA) is 133 Å². The van der Waals surface area contributed by atoms with Gasteiger partial charge in [0.15, 0.2) is 11.6 Å². The summed E-state index contributed by atoms with van der Waals surface area (Å²) in [6, 6.07) is 16.0. The van der Waals surface area contributed by atoms with Crippen LogP contribution in [0.3, 0.4) is 0 Å². The summed E-state index contributed by atoms with van der Waals surface area (Å²) in [7, 11) is -2.61. The molecule has 5 rings (SSSR count). The summed E-state index contributed by atoms with van der Waals surface area (Å²) in [4.78, 5) is 20.1. The minimum atomic E-state index is -3.98. The molecule has 0 unspecified atom stereocenters. The fourth-order valence-corrected chi connectivity index (χ4v) is 5.40. The van der Waals surface area contributed by atoms with E-state index in [1.165, 1.54) is 30.1 Å². The quantitative estimate of drug-likeness (QED) is 0.308. The maximum Gasteiger partial charge on any atom is 0.301 e. The number of nitrogens with one attached hydrogen (secondary N) is 2. The van der Waals surface area contributed by atoms with Gasteiger partial charge in [-0.05, 0) is 54.6 Å². The third kappa shape index (κ3) is 6.17. The molecule has 0 bridgehead atoms. The van der Waals surface area contributed by atoms with Gasteiger partial charge in [0.05, 0.1) is 22.3 Å². The maximum absolute atomic E-state index is 14.9. The van der Waals surface area contributed by atoms with Gasteiger partial charge in [-0.25, -0.2) is 9.37 Å². The number of halogens is 2. The Balaban J connectivity index is 0.00000405. The van der Waals surface area contributed by atoms with Crippen molar-refractivity contribution in [2.24, 2.45) is 0 Å². The number of aromatic nitrogens is 2. The van der Waals surface area contributed by atoms with Crippen molar-refractivity contribution in [1.29, 1.82) is 5.26 Å². The van der Waals surface area contributed by atoms with Crippen molar-refractivity contribution in [2.75, 3.05) is 49.4 Å². The summed E-state index contributed by atoms with van der Waals surface area (Å²) < 4.78 is 50.3. The fourth-order valence-electron chi connectivity index (χ4n) is 4.45. The molecule has 0 atom stereocenters. The number of anilines is 2. The Hall–Kier alpha value is -4.22. The Kier molecular flexibility index (Phi) is 9.33. The molecular formula is C28H29ClFN7O4S. The normalized spacial score (nSPS) is 13.5. The van der Waals surface area contributed by atoms with Crippen LogP contribution < -0.4 is 25.2 Å². The Labute approximate surface area is 248 Å². The first-order valence-electron chi connectivity index (χ1n) is 12.9. The molecule has 4 aromatic rings. The molecular weight excluding hydrogens is 585 g/mol. The zero-order valence-electron chi connectivity index (χ0n) is 22.9. The largest absolute Gasteiger partial charge is 0.453 e. The van der Waals surface area contributed by atoms with Crippen LogP contribution in [0.2, 0.25) is 0 Å². The molecule has 1 aliphatic heterocycles. The third-order valence-corrected chi connectivity index (χ3v) is 8.43. The maximum atomic E-state index is 14.9. The molecule has 2 heterocycles. The lowest BCUT2D eigenvalue weighted by Gasteiger charge is -2.29. The summed E-state index contributed by atoms with van der Waals surface area (Å²) in [5, 5.41) is 13.3. The highest BCUT2D eigenvalue weighted by atomic mass is 35.5. The Morgan fingerprint density at radius 2 is 1.81 bits per heavy atom. The van der Waals surface area contributed by atoms with Gasteiger partial charge in [0.2, 0.25) is 0 Å². The lowest BCUT2D eigenvalue weighted by atomic mass is 10.1. The number of hydrogen-bond donors (Lipinski definition) is 2. The molecule has 0 aliphatic carbocycles. The zero-order chi connectivity index (χ0) is 29.1. The molecule has 1 fully saturated rings. The minimum absolute atomic E-state index is 0. The predicted octanol–water partition coefficient (Wildman–Crippen LogP) is 3.63. The van der Waals surface area contributed by atoms with Crippen LogP contribution >= 0.6 is 12.4 Å². The van der Waals surface area contributed by atoms with E-state index < -0.39 is 21.8 Å². The van der Waals surface area contributed by atoms with Crippen LogP contribution in [0.25, 0.3) is 16.6 Å². The Morgan fingerprint density at radius 1 is 1.12 bits per heavy atom. The summed E-state index contributed by atoms with van der Waals surface area (Å²) >= 11 is 0. The first-order chi connectivity index (χ1) is 19.7. The van der Waals surface area contributed by atoms with Crippen LogP contribution in [0, 0.1) is 17.1 Å². The van der Waals surface area contributed by atoms with Gasteiger partial charge in [0, 0.05) is 45.5 Å². The average molecular weight is 614 g/mol. The summed E-state index contributed by atoms with van der Waals surface area (Å²) in [5.41, 5.74) is 1.25. The van der Waals surface area contributed by atoms with Gasteiger partial charge in [0.1, 0.15) is 23.7 Å². The number of nitriles is 1. The molecule has 0 amide bonds. The van der Waals surface area contributed by atoms with Gasteiger partial charge >= 0.3 is 10.2 Å². The lowest BCUT2D eigenvalue weighted by Crippen LogP contribution is -2.43. The van der Waals surface area contributed by atoms with Crippen molar-refractivity contribution < 1.29 is 17.5 Å². The molecule has 0 spiro atoms. The monoisotopic (exact) mass is 613 g/mol. The lowest BCUT2D eigenvalue weighted by molar-refractivity contribution is 0.441. The van der Waals surface area contributed by atoms with E-state index in [1.54, 1.807) is 13.0 Å². The third-order valence-electron chi connectivity index (χ3n) is 6.88. The molecule has 3 aromatic carbocycles. The van der Waals surface area contributed by atoms with Gasteiger partial charge in [-0.1, -0.05) is 6.92 Å². The van der Waals surface area contributed by atoms with Crippen molar-refractivity contribution in [3.63, 3.8) is 0 Å². The first-order valence-corrected chi connectivity index (χ1v) is 14.4. The highest BCUT2D eigenvalue weighted by Crippen LogP contribution is 2.34. The standard InChI is InChI=1S/C28H28FN7O4S.ClH/c1-3-34(2)41(38,39)33-26-11-9-24(29)27(23(26)17-30)40-21-8-10-25-22(16-21)28(37)36(18-32-25)20-6-4-19(5-7-20)35-14-12-31-13-15-35;/h4-11,16,18,31,33H,3,12-15H2,1-2H3;1H. The molecule has 42 heavy (non-hydrogen) atoms. The molecule has 0 saturated carbocycles. The van der Waals surface area contributed by atoms with E-state index in [1.807, 2.05) is 30.3 Å². The van der Waals surface area contributed by atoms with Crippen LogP contribution in [0.15, 0.2) is 65.7 Å². The number of piperazine rings is 1. The van der Waals surface area contributed by atoms with Gasteiger partial charge < -0.3 is 15.0 Å². The van der Waals surface area contributed by atoms with Gasteiger partial charge in [-0.15, -0.1) is 12.4 Å². The SMILES string of the molecule is CCN(C)S(=O)(=O)Nc1ccc(F)c(Oc2ccc3ncn(-c4ccc(N5CCNCC5)cc4)c(=O)c3c2)c1C#N.Cl. The van der Waals surface area contributed by atoms with E-state index in [-0.39, 0.29) is 46.9 Å². The Morgan fingerprint density at radius 3 is 2.48 bits per heavy atom. The minimum Gasteiger partial charge on any atom is -0.453 e. The molecule has 1 saturated heterocycles. The Bertz CT molecular complexity index is 1800. The van der Waals surface area contributed by atoms with Crippen molar-refractivity contribution in [3.8, 4) is 23.3 Å². The summed E-state index contributed by atoms with van der Waals surface area (Å²) in [5.74, 6) is -1.27. The summed E-state index contributed by atoms with van der Waals surface area (Å²) in [6.45, 7) is 5.46. The van der Waals surface area contributed by atoms with Gasteiger partial charge in [0.25, 0.3) is 5.56 Å². The fraction of sp³-hybridized carbons (Fsp3) is 0.250. The van der Waals surface area contributed by atoms with Crippen LogP contribution in [0.1, 0.15) is 12.5 Å². The van der Waals surface area contributed by atoms with E-state index >= 15 is 0 Å². The molecule has 11 nitrogen and oxygen atoms in total. The van der Waals surface area contributed by atoms with Gasteiger partial charge in [-0.3, -0.25) is 14.1 Å². The van der Waals surface area contributed by atoms with E-state index in [4.69, 9.17) is 4.74 Å². The van der Waals surface area contributed by atoms with Crippen molar-refractivity contribution in [1.82, 2.24) is 19.2 Å². The molecule has 0 radical (unpaired) electrons. The van der Waals surface area contributed by atoms with E-state index in [2.05, 4.69) is 19.9 Å². The number of benzene rings is 3. The second-order valence-electron chi connectivity index (χ2n) is 9.39. The molecule has 220 valence electrons. The smallest absolute Gasteiger partial charge is 0.301 e. The molecule has 1 aromatic heterocycles. The second kappa shape index (κ2) is 12.7. The zero-order valence-corrected chi connectivity index (χ0v) is 24.5. The highest BCUT2D eigenvalue weighted by molar-refractivity contribution is 7.90. The van der Waals surface area contributed by atoms with E-state index in [0.29, 0.717) is 11.2 Å². The predicted molar refractivity (Wildman–Crippen MR) is 162 cm³/mol. The number of ether oxygens (including phenoxy) is 1. The first kappa shape index (κ1) is 30.7. The highest BCUT2D eigenvalue weighted by Gasteiger charge is 2.22. The number of nitrogens with zero attached hydrogens (tertiary/aromatic N) is 5. The van der Waals surface area contributed by atoms with Crippen LogP contribution in [-0.4, -0.2) is 62.0 Å². The van der Waals surface area contributed by atoms with Crippen molar-refractivity contribution in [3.05, 3.63) is 82.7 Å². The van der Waals surface area contributed by atoms with Crippen molar-refractivity contribution >= 4 is 44.9 Å². The van der Waals surface area contributed by atoms with E-state index in [9.17, 15) is 22.9 Å². The van der Waals surface area contributed by atoms with E-state index in [0.717, 1.165) is 48.3 Å². The molecule has 14 heteroatoms. The second-order valence-corrected chi connectivity index (χ2v) is 11.2. The van der Waals surface area contributed by atoms with Crippen LogP contribution in [0.4, 0.5) is 15.8 Å². The molecule has 1 aliphatic rings. The van der Waals surface area contributed by atoms with Crippen molar-refractivity contribution in [2.45, 2.75) is 6.92 Å². The van der Waals surface area contributed by atoms with Gasteiger partial charge in [-0.2, -0.15) is 18.0 Å². The van der Waals surface area contributed by atoms with Crippen LogP contribution in [0.5, 0.6) is 11.5 Å². The van der Waals surface area contributed by atoms with Crippen LogP contribution in [-0.2, 0) is 10.2 Å². The molecule has 2 N–H and O–H groups in total. The average Bonchev–Trinajstić information content (AvgIpc) is 2.99. The number of rotatable bonds is 8.